The summed E-state index contributed by atoms with van der Waals surface area (Å²) in [5.41, 5.74) is 1.74. The third kappa shape index (κ3) is 3.34. The standard InChI is InChI=1S/C13H18ClN3OS/c1-18-12-6-5-10-13(16-12)17(11(9-14)15-10)7-3-4-8-19-2/h5-6H,3-4,7-9H2,1-2H3. The van der Waals surface area contributed by atoms with Crippen LogP contribution in [0.1, 0.15) is 18.7 Å². The van der Waals surface area contributed by atoms with E-state index < -0.39 is 0 Å². The van der Waals surface area contributed by atoms with Crippen molar-refractivity contribution < 1.29 is 4.74 Å². The summed E-state index contributed by atoms with van der Waals surface area (Å²) < 4.78 is 7.28. The van der Waals surface area contributed by atoms with Crippen LogP contribution in [-0.2, 0) is 12.4 Å². The maximum Gasteiger partial charge on any atom is 0.215 e. The highest BCUT2D eigenvalue weighted by molar-refractivity contribution is 7.98. The molecule has 6 heteroatoms. The van der Waals surface area contributed by atoms with Crippen LogP contribution in [0.15, 0.2) is 12.1 Å². The first-order valence-electron chi connectivity index (χ1n) is 6.25. The molecule has 0 N–H and O–H groups in total. The van der Waals surface area contributed by atoms with E-state index in [0.717, 1.165) is 30.0 Å². The summed E-state index contributed by atoms with van der Waals surface area (Å²) in [6, 6.07) is 3.75. The molecule has 0 aliphatic carbocycles. The fraction of sp³-hybridized carbons (Fsp3) is 0.538. The number of rotatable bonds is 7. The van der Waals surface area contributed by atoms with Gasteiger partial charge in [0.05, 0.1) is 13.0 Å². The minimum Gasteiger partial charge on any atom is -0.481 e. The van der Waals surface area contributed by atoms with E-state index in [-0.39, 0.29) is 0 Å². The predicted molar refractivity (Wildman–Crippen MR) is 81.3 cm³/mol. The van der Waals surface area contributed by atoms with E-state index in [0.29, 0.717) is 11.8 Å². The SMILES string of the molecule is COc1ccc2nc(CCl)n(CCCCSC)c2n1. The van der Waals surface area contributed by atoms with Gasteiger partial charge in [-0.15, -0.1) is 11.6 Å². The number of hydrogen-bond donors (Lipinski definition) is 0. The van der Waals surface area contributed by atoms with E-state index in [1.165, 1.54) is 12.2 Å². The second-order valence-electron chi connectivity index (χ2n) is 4.21. The summed E-state index contributed by atoms with van der Waals surface area (Å²) in [5.74, 6) is 3.07. The number of imidazole rings is 1. The van der Waals surface area contributed by atoms with Gasteiger partial charge in [0, 0.05) is 12.6 Å². The maximum absolute atomic E-state index is 5.97. The molecule has 2 aromatic rings. The Morgan fingerprint density at radius 2 is 2.16 bits per heavy atom. The number of hydrogen-bond acceptors (Lipinski definition) is 4. The number of aromatic nitrogens is 3. The van der Waals surface area contributed by atoms with Crippen molar-refractivity contribution in [3.05, 3.63) is 18.0 Å². The fourth-order valence-electron chi connectivity index (χ4n) is 2.00. The number of pyridine rings is 1. The molecule has 0 bridgehead atoms. The molecule has 0 aliphatic rings. The first-order valence-corrected chi connectivity index (χ1v) is 8.18. The van der Waals surface area contributed by atoms with Gasteiger partial charge in [0.1, 0.15) is 11.3 Å². The third-order valence-corrected chi connectivity index (χ3v) is 3.89. The number of nitrogens with zero attached hydrogens (tertiary/aromatic N) is 3. The maximum atomic E-state index is 5.97. The number of fused-ring (bicyclic) bond motifs is 1. The van der Waals surface area contributed by atoms with Crippen LogP contribution in [0.3, 0.4) is 0 Å². The van der Waals surface area contributed by atoms with Crippen LogP contribution in [-0.4, -0.2) is 33.7 Å². The highest BCUT2D eigenvalue weighted by Gasteiger charge is 2.11. The van der Waals surface area contributed by atoms with E-state index in [2.05, 4.69) is 20.8 Å². The molecule has 0 fully saturated rings. The molecule has 0 unspecified atom stereocenters. The van der Waals surface area contributed by atoms with Gasteiger partial charge in [-0.25, -0.2) is 4.98 Å². The molecular weight excluding hydrogens is 282 g/mol. The molecule has 104 valence electrons. The monoisotopic (exact) mass is 299 g/mol. The van der Waals surface area contributed by atoms with Crippen LogP contribution < -0.4 is 4.74 Å². The van der Waals surface area contributed by atoms with Crippen LogP contribution in [0.4, 0.5) is 0 Å². The topological polar surface area (TPSA) is 39.9 Å². The molecule has 0 atom stereocenters. The number of unbranched alkanes of at least 4 members (excludes halogenated alkanes) is 1. The molecule has 0 amide bonds. The largest absolute Gasteiger partial charge is 0.481 e. The van der Waals surface area contributed by atoms with Gasteiger partial charge in [0.15, 0.2) is 5.65 Å². The molecule has 2 rings (SSSR count). The van der Waals surface area contributed by atoms with E-state index >= 15 is 0 Å². The lowest BCUT2D eigenvalue weighted by molar-refractivity contribution is 0.399. The second kappa shape index (κ2) is 7.01. The Labute approximate surface area is 122 Å². The molecule has 0 radical (unpaired) electrons. The third-order valence-electron chi connectivity index (χ3n) is 2.95. The van der Waals surface area contributed by atoms with Crippen molar-refractivity contribution in [2.75, 3.05) is 19.1 Å². The van der Waals surface area contributed by atoms with Crippen molar-refractivity contribution in [2.45, 2.75) is 25.3 Å². The molecule has 4 nitrogen and oxygen atoms in total. The molecule has 0 aromatic carbocycles. The van der Waals surface area contributed by atoms with Crippen LogP contribution in [0.25, 0.3) is 11.2 Å². The number of methoxy groups -OCH3 is 1. The summed E-state index contributed by atoms with van der Waals surface area (Å²) in [6.07, 6.45) is 4.42. The van der Waals surface area contributed by atoms with Gasteiger partial charge in [0.2, 0.25) is 5.88 Å². The Balaban J connectivity index is 2.27. The molecule has 0 saturated heterocycles. The lowest BCUT2D eigenvalue weighted by atomic mass is 10.3. The Morgan fingerprint density at radius 3 is 2.84 bits per heavy atom. The first kappa shape index (κ1) is 14.5. The van der Waals surface area contributed by atoms with Gasteiger partial charge < -0.3 is 9.30 Å². The van der Waals surface area contributed by atoms with Crippen LogP contribution in [0, 0.1) is 0 Å². The van der Waals surface area contributed by atoms with E-state index in [1.54, 1.807) is 7.11 Å². The lowest BCUT2D eigenvalue weighted by Gasteiger charge is -2.07. The van der Waals surface area contributed by atoms with Crippen molar-refractivity contribution in [3.63, 3.8) is 0 Å². The zero-order valence-electron chi connectivity index (χ0n) is 11.2. The normalized spacial score (nSPS) is 11.1. The Morgan fingerprint density at radius 1 is 1.32 bits per heavy atom. The molecule has 0 aliphatic heterocycles. The minimum atomic E-state index is 0.404. The van der Waals surface area contributed by atoms with Crippen molar-refractivity contribution in [1.82, 2.24) is 14.5 Å². The summed E-state index contributed by atoms with van der Waals surface area (Å²) in [7, 11) is 1.62. The van der Waals surface area contributed by atoms with Gasteiger partial charge >= 0.3 is 0 Å². The fourth-order valence-corrected chi connectivity index (χ4v) is 2.70. The number of alkyl halides is 1. The molecule has 2 aromatic heterocycles. The Kier molecular flexibility index (Phi) is 5.34. The zero-order chi connectivity index (χ0) is 13.7. The van der Waals surface area contributed by atoms with Crippen LogP contribution >= 0.6 is 23.4 Å². The van der Waals surface area contributed by atoms with E-state index in [9.17, 15) is 0 Å². The summed E-state index contributed by atoms with van der Waals surface area (Å²) in [6.45, 7) is 0.902. The van der Waals surface area contributed by atoms with Gasteiger partial charge in [-0.05, 0) is 30.9 Å². The predicted octanol–water partition coefficient (Wildman–Crippen LogP) is 3.32. The average molecular weight is 300 g/mol. The zero-order valence-corrected chi connectivity index (χ0v) is 12.8. The summed E-state index contributed by atoms with van der Waals surface area (Å²) >= 11 is 7.84. The molecule has 2 heterocycles. The van der Waals surface area contributed by atoms with Crippen molar-refractivity contribution in [3.8, 4) is 5.88 Å². The number of thioether (sulfide) groups is 1. The second-order valence-corrected chi connectivity index (χ2v) is 5.46. The summed E-state index contributed by atoms with van der Waals surface area (Å²) in [5, 5.41) is 0. The number of ether oxygens (including phenoxy) is 1. The van der Waals surface area contributed by atoms with Gasteiger partial charge in [-0.2, -0.15) is 16.7 Å². The number of aryl methyl sites for hydroxylation is 1. The molecule has 0 spiro atoms. The average Bonchev–Trinajstić information content (AvgIpc) is 2.80. The van der Waals surface area contributed by atoms with Crippen LogP contribution in [0.5, 0.6) is 5.88 Å². The highest BCUT2D eigenvalue weighted by Crippen LogP contribution is 2.20. The van der Waals surface area contributed by atoms with Gasteiger partial charge in [-0.3, -0.25) is 0 Å². The minimum absolute atomic E-state index is 0.404. The first-order chi connectivity index (χ1) is 9.30. The number of halogens is 1. The van der Waals surface area contributed by atoms with Crippen molar-refractivity contribution >= 4 is 34.5 Å². The molecule has 0 saturated carbocycles. The molecule has 19 heavy (non-hydrogen) atoms. The highest BCUT2D eigenvalue weighted by atomic mass is 35.5. The van der Waals surface area contributed by atoms with Crippen LogP contribution in [0.2, 0.25) is 0 Å². The van der Waals surface area contributed by atoms with Crippen molar-refractivity contribution in [1.29, 1.82) is 0 Å². The van der Waals surface area contributed by atoms with Crippen molar-refractivity contribution in [2.24, 2.45) is 0 Å². The van der Waals surface area contributed by atoms with E-state index in [1.807, 2.05) is 23.9 Å². The van der Waals surface area contributed by atoms with Gasteiger partial charge in [-0.1, -0.05) is 0 Å². The quantitative estimate of drug-likeness (QED) is 0.581. The Bertz CT molecular complexity index is 544. The van der Waals surface area contributed by atoms with Gasteiger partial charge in [0.25, 0.3) is 0 Å². The lowest BCUT2D eigenvalue weighted by Crippen LogP contribution is -2.04. The molecular formula is C13H18ClN3OS. The Hall–Kier alpha value is -0.940. The smallest absolute Gasteiger partial charge is 0.215 e. The van der Waals surface area contributed by atoms with E-state index in [4.69, 9.17) is 16.3 Å². The summed E-state index contributed by atoms with van der Waals surface area (Å²) in [4.78, 5) is 8.99.